The van der Waals surface area contributed by atoms with Crippen molar-refractivity contribution >= 4 is 35.0 Å². The van der Waals surface area contributed by atoms with Gasteiger partial charge < -0.3 is 10.1 Å². The molecule has 1 N–H and O–H groups in total. The summed E-state index contributed by atoms with van der Waals surface area (Å²) in [5.41, 5.74) is -0.624. The predicted octanol–water partition coefficient (Wildman–Crippen LogP) is 2.83. The first kappa shape index (κ1) is 17.4. The van der Waals surface area contributed by atoms with Crippen molar-refractivity contribution in [2.45, 2.75) is 13.0 Å². The molecule has 1 aromatic carbocycles. The molecule has 24 heavy (non-hydrogen) atoms. The molecule has 0 aliphatic heterocycles. The van der Waals surface area contributed by atoms with Crippen molar-refractivity contribution in [3.05, 3.63) is 63.3 Å². The van der Waals surface area contributed by atoms with E-state index in [1.807, 2.05) is 0 Å². The molecule has 8 nitrogen and oxygen atoms in total. The second-order valence-corrected chi connectivity index (χ2v) is 5.11. The number of carbonyl (C=O) groups excluding carboxylic acids is 2. The van der Waals surface area contributed by atoms with Crippen LogP contribution in [0, 0.1) is 10.1 Å². The lowest BCUT2D eigenvalue weighted by molar-refractivity contribution is -0.385. The molecule has 0 saturated heterocycles. The fraction of sp³-hybridized carbons (Fsp3) is 0.133. The number of anilines is 1. The lowest BCUT2D eigenvalue weighted by Gasteiger charge is -2.13. The summed E-state index contributed by atoms with van der Waals surface area (Å²) in [7, 11) is 0. The molecule has 0 aliphatic carbocycles. The average Bonchev–Trinajstić information content (AvgIpc) is 2.56. The topological polar surface area (TPSA) is 111 Å². The largest absolute Gasteiger partial charge is 0.449 e. The molecule has 9 heteroatoms. The molecule has 0 spiro atoms. The summed E-state index contributed by atoms with van der Waals surface area (Å²) >= 11 is 5.69. The minimum atomic E-state index is -1.17. The number of carbonyl (C=O) groups is 2. The van der Waals surface area contributed by atoms with E-state index in [1.54, 1.807) is 0 Å². The maximum atomic E-state index is 12.0. The second-order valence-electron chi connectivity index (χ2n) is 4.67. The van der Waals surface area contributed by atoms with E-state index in [0.717, 1.165) is 0 Å². The fourth-order valence-corrected chi connectivity index (χ4v) is 1.87. The zero-order valence-corrected chi connectivity index (χ0v) is 13.2. The van der Waals surface area contributed by atoms with Crippen LogP contribution in [0.3, 0.4) is 0 Å². The van der Waals surface area contributed by atoms with E-state index >= 15 is 0 Å². The molecule has 0 aliphatic rings. The number of nitrogens with zero attached hydrogens (tertiary/aromatic N) is 2. The van der Waals surface area contributed by atoms with Gasteiger partial charge in [-0.05, 0) is 25.1 Å². The van der Waals surface area contributed by atoms with Crippen LogP contribution in [0.1, 0.15) is 17.3 Å². The van der Waals surface area contributed by atoms with E-state index in [0.29, 0.717) is 5.02 Å². The molecule has 124 valence electrons. The Kier molecular flexibility index (Phi) is 5.43. The van der Waals surface area contributed by atoms with E-state index < -0.39 is 28.6 Å². The molecule has 1 atom stereocenters. The first-order valence-corrected chi connectivity index (χ1v) is 7.13. The highest BCUT2D eigenvalue weighted by atomic mass is 35.5. The Bertz CT molecular complexity index is 779. The number of hydrogen-bond donors (Lipinski definition) is 1. The first-order valence-electron chi connectivity index (χ1n) is 6.75. The van der Waals surface area contributed by atoms with Gasteiger partial charge in [-0.1, -0.05) is 23.7 Å². The molecule has 0 saturated carbocycles. The number of nitrogens with one attached hydrogen (secondary N) is 1. The Morgan fingerprint density at radius 2 is 2.00 bits per heavy atom. The van der Waals surface area contributed by atoms with Gasteiger partial charge >= 0.3 is 5.97 Å². The molecule has 1 aromatic heterocycles. The van der Waals surface area contributed by atoms with Gasteiger partial charge in [0.1, 0.15) is 11.4 Å². The summed E-state index contributed by atoms with van der Waals surface area (Å²) in [5, 5.41) is 13.8. The van der Waals surface area contributed by atoms with Gasteiger partial charge in [0.05, 0.1) is 9.95 Å². The molecular formula is C15H12ClN3O5. The summed E-state index contributed by atoms with van der Waals surface area (Å²) in [6.45, 7) is 1.35. The quantitative estimate of drug-likeness (QED) is 0.504. The molecule has 2 rings (SSSR count). The van der Waals surface area contributed by atoms with Gasteiger partial charge in [-0.25, -0.2) is 9.78 Å². The normalized spacial score (nSPS) is 11.4. The highest BCUT2D eigenvalue weighted by molar-refractivity contribution is 6.30. The third kappa shape index (κ3) is 4.26. The van der Waals surface area contributed by atoms with Crippen LogP contribution in [0.5, 0.6) is 0 Å². The zero-order chi connectivity index (χ0) is 17.7. The monoisotopic (exact) mass is 349 g/mol. The third-order valence-electron chi connectivity index (χ3n) is 2.95. The van der Waals surface area contributed by atoms with Crippen LogP contribution in [0.4, 0.5) is 11.5 Å². The molecule has 2 aromatic rings. The Morgan fingerprint density at radius 1 is 1.29 bits per heavy atom. The van der Waals surface area contributed by atoms with E-state index in [4.69, 9.17) is 16.3 Å². The molecule has 0 unspecified atom stereocenters. The van der Waals surface area contributed by atoms with Crippen molar-refractivity contribution in [1.82, 2.24) is 4.98 Å². The molecule has 0 bridgehead atoms. The average molecular weight is 350 g/mol. The van der Waals surface area contributed by atoms with Crippen LogP contribution in [-0.4, -0.2) is 27.9 Å². The number of halogens is 1. The Labute approximate surface area is 141 Å². The Hall–Kier alpha value is -3.00. The summed E-state index contributed by atoms with van der Waals surface area (Å²) < 4.78 is 4.98. The summed E-state index contributed by atoms with van der Waals surface area (Å²) in [6, 6.07) is 8.35. The SMILES string of the molecule is C[C@@H](OC(=O)c1ccccc1[N+](=O)[O-])C(=O)Nc1ccc(Cl)cn1. The highest BCUT2D eigenvalue weighted by Crippen LogP contribution is 2.19. The zero-order valence-electron chi connectivity index (χ0n) is 12.4. The van der Waals surface area contributed by atoms with Crippen LogP contribution >= 0.6 is 11.6 Å². The Morgan fingerprint density at radius 3 is 2.62 bits per heavy atom. The molecule has 0 fully saturated rings. The summed E-state index contributed by atoms with van der Waals surface area (Å²) in [4.78, 5) is 38.1. The lowest BCUT2D eigenvalue weighted by Crippen LogP contribution is -2.30. The number of nitro benzene ring substituents is 1. The van der Waals surface area contributed by atoms with Gasteiger partial charge in [0.2, 0.25) is 0 Å². The fourth-order valence-electron chi connectivity index (χ4n) is 1.76. The van der Waals surface area contributed by atoms with E-state index in [9.17, 15) is 19.7 Å². The minimum Gasteiger partial charge on any atom is -0.449 e. The number of hydrogen-bond acceptors (Lipinski definition) is 6. The maximum Gasteiger partial charge on any atom is 0.345 e. The first-order chi connectivity index (χ1) is 11.4. The number of benzene rings is 1. The van der Waals surface area contributed by atoms with Crippen LogP contribution in [0.25, 0.3) is 0 Å². The van der Waals surface area contributed by atoms with Gasteiger partial charge in [0.15, 0.2) is 6.10 Å². The number of pyridine rings is 1. The third-order valence-corrected chi connectivity index (χ3v) is 3.18. The van der Waals surface area contributed by atoms with Crippen LogP contribution in [-0.2, 0) is 9.53 Å². The van der Waals surface area contributed by atoms with Gasteiger partial charge in [-0.3, -0.25) is 14.9 Å². The van der Waals surface area contributed by atoms with Crippen LogP contribution in [0.2, 0.25) is 5.02 Å². The Balaban J connectivity index is 2.04. The van der Waals surface area contributed by atoms with E-state index in [2.05, 4.69) is 10.3 Å². The van der Waals surface area contributed by atoms with Crippen molar-refractivity contribution in [2.24, 2.45) is 0 Å². The summed E-state index contributed by atoms with van der Waals surface area (Å²) in [5.74, 6) is -1.36. The van der Waals surface area contributed by atoms with Gasteiger partial charge in [-0.2, -0.15) is 0 Å². The van der Waals surface area contributed by atoms with Crippen molar-refractivity contribution in [3.8, 4) is 0 Å². The van der Waals surface area contributed by atoms with Crippen molar-refractivity contribution in [1.29, 1.82) is 0 Å². The standard InChI is InChI=1S/C15H12ClN3O5/c1-9(14(20)18-13-7-6-10(16)8-17-13)24-15(21)11-4-2-3-5-12(11)19(22)23/h2-9H,1H3,(H,17,18,20)/t9-/m1/s1. The van der Waals surface area contributed by atoms with Crippen molar-refractivity contribution in [3.63, 3.8) is 0 Å². The number of rotatable bonds is 5. The van der Waals surface area contributed by atoms with E-state index in [1.165, 1.54) is 49.5 Å². The van der Waals surface area contributed by atoms with Gasteiger partial charge in [-0.15, -0.1) is 0 Å². The van der Waals surface area contributed by atoms with Crippen LogP contribution in [0.15, 0.2) is 42.6 Å². The van der Waals surface area contributed by atoms with Crippen LogP contribution < -0.4 is 5.32 Å². The second kappa shape index (κ2) is 7.51. The van der Waals surface area contributed by atoms with Crippen molar-refractivity contribution in [2.75, 3.05) is 5.32 Å². The highest BCUT2D eigenvalue weighted by Gasteiger charge is 2.25. The molecule has 1 amide bonds. The molecule has 1 heterocycles. The number of para-hydroxylation sites is 1. The van der Waals surface area contributed by atoms with E-state index in [-0.39, 0.29) is 11.4 Å². The number of esters is 1. The number of aromatic nitrogens is 1. The number of nitro groups is 1. The van der Waals surface area contributed by atoms with Gasteiger partial charge in [0, 0.05) is 12.3 Å². The number of ether oxygens (including phenoxy) is 1. The lowest BCUT2D eigenvalue weighted by atomic mass is 10.2. The smallest absolute Gasteiger partial charge is 0.345 e. The van der Waals surface area contributed by atoms with Gasteiger partial charge in [0.25, 0.3) is 11.6 Å². The van der Waals surface area contributed by atoms with Crippen molar-refractivity contribution < 1.29 is 19.2 Å². The maximum absolute atomic E-state index is 12.0. The minimum absolute atomic E-state index is 0.230. The molecular weight excluding hydrogens is 338 g/mol. The molecule has 0 radical (unpaired) electrons. The predicted molar refractivity (Wildman–Crippen MR) is 85.9 cm³/mol. The summed E-state index contributed by atoms with van der Waals surface area (Å²) in [6.07, 6.45) is 0.177. The number of amides is 1.